The number of aromatic amines is 1. The Morgan fingerprint density at radius 3 is 2.88 bits per heavy atom. The first-order valence-electron chi connectivity index (χ1n) is 4.57. The molecule has 0 aliphatic heterocycles. The van der Waals surface area contributed by atoms with Crippen molar-refractivity contribution in [3.8, 4) is 11.8 Å². The monoisotopic (exact) mass is 231 g/mol. The van der Waals surface area contributed by atoms with E-state index in [0.717, 1.165) is 11.3 Å². The summed E-state index contributed by atoms with van der Waals surface area (Å²) >= 11 is 5.08. The zero-order valence-corrected chi connectivity index (χ0v) is 9.38. The minimum absolute atomic E-state index is 0.281. The summed E-state index contributed by atoms with van der Waals surface area (Å²) < 4.78 is 2.02. The molecule has 0 amide bonds. The third kappa shape index (κ3) is 1.57. The Balaban J connectivity index is 2.74. The number of aromatic nitrogens is 3. The van der Waals surface area contributed by atoms with Crippen molar-refractivity contribution in [2.75, 3.05) is 5.73 Å². The Morgan fingerprint density at radius 1 is 1.56 bits per heavy atom. The number of H-pyrrole nitrogens is 1. The minimum atomic E-state index is 0.281. The Labute approximate surface area is 97.1 Å². The number of nitrogens with two attached hydrogens (primary N) is 1. The molecular formula is C10H9N5S. The van der Waals surface area contributed by atoms with Crippen LogP contribution in [-0.4, -0.2) is 14.8 Å². The van der Waals surface area contributed by atoms with Gasteiger partial charge in [0, 0.05) is 0 Å². The van der Waals surface area contributed by atoms with Crippen LogP contribution in [0.5, 0.6) is 0 Å². The predicted molar refractivity (Wildman–Crippen MR) is 62.6 cm³/mol. The summed E-state index contributed by atoms with van der Waals surface area (Å²) in [6.07, 6.45) is 0. The van der Waals surface area contributed by atoms with Gasteiger partial charge in [-0.15, -0.1) is 5.10 Å². The van der Waals surface area contributed by atoms with Crippen LogP contribution in [0.15, 0.2) is 18.2 Å². The van der Waals surface area contributed by atoms with Crippen LogP contribution in [0.2, 0.25) is 0 Å². The predicted octanol–water partition coefficient (Wildman–Crippen LogP) is 1.69. The normalized spacial score (nSPS) is 10.0. The van der Waals surface area contributed by atoms with Crippen molar-refractivity contribution < 1.29 is 0 Å². The zero-order chi connectivity index (χ0) is 11.7. The first-order chi connectivity index (χ1) is 7.63. The van der Waals surface area contributed by atoms with Gasteiger partial charge >= 0.3 is 0 Å². The maximum absolute atomic E-state index is 8.85. The standard InChI is InChI=1S/C10H9N5S/c1-6-2-3-7(5-11)4-8(6)15-9(12)13-14-10(15)16/h2-4H,1H3,(H2,12,13)(H,14,16). The van der Waals surface area contributed by atoms with Crippen LogP contribution in [0, 0.1) is 23.0 Å². The zero-order valence-electron chi connectivity index (χ0n) is 8.56. The van der Waals surface area contributed by atoms with E-state index in [1.54, 1.807) is 16.7 Å². The molecule has 16 heavy (non-hydrogen) atoms. The summed E-state index contributed by atoms with van der Waals surface area (Å²) in [6.45, 7) is 1.92. The highest BCUT2D eigenvalue weighted by Gasteiger charge is 2.08. The average molecular weight is 231 g/mol. The molecular weight excluding hydrogens is 222 g/mol. The van der Waals surface area contributed by atoms with Gasteiger partial charge in [0.2, 0.25) is 10.7 Å². The van der Waals surface area contributed by atoms with Crippen LogP contribution in [-0.2, 0) is 0 Å². The van der Waals surface area contributed by atoms with E-state index in [9.17, 15) is 0 Å². The Bertz CT molecular complexity index is 631. The number of hydrogen-bond donors (Lipinski definition) is 2. The van der Waals surface area contributed by atoms with E-state index in [2.05, 4.69) is 16.3 Å². The molecule has 0 saturated carbocycles. The van der Waals surface area contributed by atoms with Crippen LogP contribution in [0.25, 0.3) is 5.69 Å². The lowest BCUT2D eigenvalue weighted by molar-refractivity contribution is 1.02. The van der Waals surface area contributed by atoms with Crippen molar-refractivity contribution in [3.05, 3.63) is 34.1 Å². The second kappa shape index (κ2) is 3.79. The number of nitrogens with zero attached hydrogens (tertiary/aromatic N) is 3. The molecule has 0 atom stereocenters. The number of nitriles is 1. The molecule has 5 nitrogen and oxygen atoms in total. The molecule has 2 aromatic rings. The van der Waals surface area contributed by atoms with Crippen molar-refractivity contribution >= 4 is 18.2 Å². The lowest BCUT2D eigenvalue weighted by atomic mass is 10.1. The van der Waals surface area contributed by atoms with Crippen molar-refractivity contribution in [2.45, 2.75) is 6.92 Å². The van der Waals surface area contributed by atoms with Gasteiger partial charge < -0.3 is 5.73 Å². The summed E-state index contributed by atoms with van der Waals surface area (Å²) in [5, 5.41) is 15.3. The van der Waals surface area contributed by atoms with E-state index in [-0.39, 0.29) is 5.95 Å². The SMILES string of the molecule is Cc1ccc(C#N)cc1-n1c(N)n[nH]c1=S. The molecule has 0 aliphatic rings. The van der Waals surface area contributed by atoms with Gasteiger partial charge in [-0.1, -0.05) is 6.07 Å². The van der Waals surface area contributed by atoms with Crippen LogP contribution >= 0.6 is 12.2 Å². The molecule has 0 saturated heterocycles. The second-order valence-electron chi connectivity index (χ2n) is 3.34. The number of nitrogen functional groups attached to an aromatic ring is 1. The maximum atomic E-state index is 8.85. The molecule has 0 radical (unpaired) electrons. The summed E-state index contributed by atoms with van der Waals surface area (Å²) in [7, 11) is 0. The number of aryl methyl sites for hydroxylation is 1. The topological polar surface area (TPSA) is 83.4 Å². The van der Waals surface area contributed by atoms with Gasteiger partial charge in [0.25, 0.3) is 0 Å². The van der Waals surface area contributed by atoms with E-state index < -0.39 is 0 Å². The van der Waals surface area contributed by atoms with Crippen LogP contribution in [0.3, 0.4) is 0 Å². The average Bonchev–Trinajstić information content (AvgIpc) is 2.60. The van der Waals surface area contributed by atoms with Gasteiger partial charge in [-0.05, 0) is 36.8 Å². The summed E-state index contributed by atoms with van der Waals surface area (Å²) in [5.74, 6) is 0.281. The number of hydrogen-bond acceptors (Lipinski definition) is 4. The molecule has 0 unspecified atom stereocenters. The Kier molecular flexibility index (Phi) is 2.46. The van der Waals surface area contributed by atoms with Gasteiger partial charge in [0.1, 0.15) is 0 Å². The summed E-state index contributed by atoms with van der Waals surface area (Å²) in [6, 6.07) is 7.41. The molecule has 3 N–H and O–H groups in total. The molecule has 0 bridgehead atoms. The molecule has 1 heterocycles. The molecule has 0 aliphatic carbocycles. The fourth-order valence-electron chi connectivity index (χ4n) is 1.46. The van der Waals surface area contributed by atoms with Gasteiger partial charge in [-0.3, -0.25) is 4.57 Å². The van der Waals surface area contributed by atoms with Crippen molar-refractivity contribution in [3.63, 3.8) is 0 Å². The van der Waals surface area contributed by atoms with E-state index in [1.165, 1.54) is 0 Å². The van der Waals surface area contributed by atoms with Crippen LogP contribution in [0.1, 0.15) is 11.1 Å². The van der Waals surface area contributed by atoms with E-state index in [0.29, 0.717) is 10.3 Å². The van der Waals surface area contributed by atoms with Crippen LogP contribution in [0.4, 0.5) is 5.95 Å². The highest BCUT2D eigenvalue weighted by atomic mass is 32.1. The highest BCUT2D eigenvalue weighted by molar-refractivity contribution is 7.71. The number of anilines is 1. The number of benzene rings is 1. The van der Waals surface area contributed by atoms with Crippen molar-refractivity contribution in [1.82, 2.24) is 14.8 Å². The molecule has 0 fully saturated rings. The van der Waals surface area contributed by atoms with Crippen molar-refractivity contribution in [2.24, 2.45) is 0 Å². The third-order valence-corrected chi connectivity index (χ3v) is 2.55. The number of rotatable bonds is 1. The first-order valence-corrected chi connectivity index (χ1v) is 4.98. The van der Waals surface area contributed by atoms with Crippen LogP contribution < -0.4 is 5.73 Å². The summed E-state index contributed by atoms with van der Waals surface area (Å²) in [5.41, 5.74) is 8.01. The summed E-state index contributed by atoms with van der Waals surface area (Å²) in [4.78, 5) is 0. The number of nitrogens with one attached hydrogen (secondary N) is 1. The van der Waals surface area contributed by atoms with Gasteiger partial charge in [0.05, 0.1) is 17.3 Å². The first kappa shape index (κ1) is 10.4. The van der Waals surface area contributed by atoms with E-state index in [1.807, 2.05) is 13.0 Å². The van der Waals surface area contributed by atoms with Crippen molar-refractivity contribution in [1.29, 1.82) is 5.26 Å². The van der Waals surface area contributed by atoms with Gasteiger partial charge in [-0.25, -0.2) is 5.10 Å². The molecule has 0 spiro atoms. The third-order valence-electron chi connectivity index (χ3n) is 2.28. The fourth-order valence-corrected chi connectivity index (χ4v) is 1.70. The largest absolute Gasteiger partial charge is 0.368 e. The fraction of sp³-hybridized carbons (Fsp3) is 0.100. The molecule has 1 aromatic heterocycles. The molecule has 2 rings (SSSR count). The van der Waals surface area contributed by atoms with Gasteiger partial charge in [-0.2, -0.15) is 5.26 Å². The lowest BCUT2D eigenvalue weighted by Gasteiger charge is -2.07. The highest BCUT2D eigenvalue weighted by Crippen LogP contribution is 2.18. The molecule has 80 valence electrons. The minimum Gasteiger partial charge on any atom is -0.368 e. The van der Waals surface area contributed by atoms with E-state index in [4.69, 9.17) is 23.2 Å². The lowest BCUT2D eigenvalue weighted by Crippen LogP contribution is -2.03. The van der Waals surface area contributed by atoms with Gasteiger partial charge in [0.15, 0.2) is 0 Å². The molecule has 1 aromatic carbocycles. The smallest absolute Gasteiger partial charge is 0.225 e. The maximum Gasteiger partial charge on any atom is 0.225 e. The second-order valence-corrected chi connectivity index (χ2v) is 3.72. The molecule has 6 heteroatoms. The quantitative estimate of drug-likeness (QED) is 0.731. The Morgan fingerprint density at radius 2 is 2.31 bits per heavy atom. The van der Waals surface area contributed by atoms with E-state index >= 15 is 0 Å². The Hall–Kier alpha value is -2.13.